The molecule has 3 fully saturated rings. The summed E-state index contributed by atoms with van der Waals surface area (Å²) in [6, 6.07) is 0. The predicted octanol–water partition coefficient (Wildman–Crippen LogP) is 2.20. The zero-order valence-electron chi connectivity index (χ0n) is 5.41. The molecule has 0 aromatic carbocycles. The molecule has 0 nitrogen and oxygen atoms in total. The second kappa shape index (κ2) is 0.698. The highest BCUT2D eigenvalue weighted by Crippen LogP contribution is 2.88. The van der Waals surface area contributed by atoms with Gasteiger partial charge in [-0.2, -0.15) is 0 Å². The standard InChI is InChI=1S/C8H12/c1-7(2-3-7)8-4-6(8)5-8/h6H,2-5H2,1H3. The van der Waals surface area contributed by atoms with E-state index in [-0.39, 0.29) is 0 Å². The van der Waals surface area contributed by atoms with Crippen LogP contribution >= 0.6 is 0 Å². The minimum atomic E-state index is 0.873. The van der Waals surface area contributed by atoms with Crippen molar-refractivity contribution < 1.29 is 0 Å². The van der Waals surface area contributed by atoms with E-state index in [0.29, 0.717) is 0 Å². The molecule has 8 heavy (non-hydrogen) atoms. The second-order valence-electron chi connectivity index (χ2n) is 4.32. The van der Waals surface area contributed by atoms with Gasteiger partial charge in [0.2, 0.25) is 0 Å². The van der Waals surface area contributed by atoms with E-state index < -0.39 is 0 Å². The van der Waals surface area contributed by atoms with Gasteiger partial charge in [-0.3, -0.25) is 0 Å². The van der Waals surface area contributed by atoms with Crippen LogP contribution in [0.3, 0.4) is 0 Å². The fourth-order valence-corrected chi connectivity index (χ4v) is 2.37. The van der Waals surface area contributed by atoms with Crippen LogP contribution in [0.1, 0.15) is 32.6 Å². The topological polar surface area (TPSA) is 0 Å². The molecule has 3 aliphatic rings. The molecule has 3 rings (SSSR count). The molecule has 3 saturated carbocycles. The predicted molar refractivity (Wildman–Crippen MR) is 32.5 cm³/mol. The third-order valence-corrected chi connectivity index (χ3v) is 3.88. The Hall–Kier alpha value is 0. The van der Waals surface area contributed by atoms with Crippen LogP contribution in [0.4, 0.5) is 0 Å². The molecule has 0 atom stereocenters. The number of hydrogen-bond acceptors (Lipinski definition) is 0. The lowest BCUT2D eigenvalue weighted by Crippen LogP contribution is -2.02. The Morgan fingerprint density at radius 3 is 1.88 bits per heavy atom. The zero-order chi connectivity index (χ0) is 5.41. The highest BCUT2D eigenvalue weighted by atomic mass is 14.8. The van der Waals surface area contributed by atoms with Crippen LogP contribution in [0.25, 0.3) is 0 Å². The molecule has 0 unspecified atom stereocenters. The average molecular weight is 108 g/mol. The molecule has 0 radical (unpaired) electrons. The van der Waals surface area contributed by atoms with E-state index in [4.69, 9.17) is 0 Å². The fraction of sp³-hybridized carbons (Fsp3) is 1.00. The van der Waals surface area contributed by atoms with Crippen molar-refractivity contribution in [1.29, 1.82) is 0 Å². The third kappa shape index (κ3) is 0.222. The molecular weight excluding hydrogens is 96.1 g/mol. The normalized spacial score (nSPS) is 61.9. The van der Waals surface area contributed by atoms with E-state index in [0.717, 1.165) is 10.8 Å². The number of rotatable bonds is 1. The van der Waals surface area contributed by atoms with Crippen molar-refractivity contribution in [3.63, 3.8) is 0 Å². The minimum absolute atomic E-state index is 0.873. The van der Waals surface area contributed by atoms with Gasteiger partial charge >= 0.3 is 0 Å². The first kappa shape index (κ1) is 3.92. The molecule has 0 spiro atoms. The maximum atomic E-state index is 2.49. The van der Waals surface area contributed by atoms with Crippen LogP contribution in [0.15, 0.2) is 0 Å². The zero-order valence-corrected chi connectivity index (χ0v) is 5.41. The molecule has 0 amide bonds. The highest BCUT2D eigenvalue weighted by Gasteiger charge is 2.79. The average Bonchev–Trinajstić information content (AvgIpc) is 2.16. The van der Waals surface area contributed by atoms with Gasteiger partial charge in [0.15, 0.2) is 0 Å². The van der Waals surface area contributed by atoms with Crippen LogP contribution in [-0.2, 0) is 0 Å². The van der Waals surface area contributed by atoms with Crippen molar-refractivity contribution in [2.45, 2.75) is 32.6 Å². The summed E-state index contributed by atoms with van der Waals surface area (Å²) in [6.07, 6.45) is 6.29. The molecule has 0 heteroatoms. The van der Waals surface area contributed by atoms with Crippen LogP contribution in [0.2, 0.25) is 0 Å². The van der Waals surface area contributed by atoms with Crippen molar-refractivity contribution in [2.24, 2.45) is 16.7 Å². The van der Waals surface area contributed by atoms with Crippen molar-refractivity contribution in [3.05, 3.63) is 0 Å². The molecule has 0 bridgehead atoms. The van der Waals surface area contributed by atoms with Gasteiger partial charge < -0.3 is 0 Å². The van der Waals surface area contributed by atoms with E-state index in [1.165, 1.54) is 5.92 Å². The molecule has 44 valence electrons. The number of fused-ring (bicyclic) bond motifs is 1. The lowest BCUT2D eigenvalue weighted by atomic mass is 9.95. The lowest BCUT2D eigenvalue weighted by molar-refractivity contribution is 0.396. The maximum absolute atomic E-state index is 2.49. The molecular formula is C8H12. The summed E-state index contributed by atoms with van der Waals surface area (Å²) in [5.41, 5.74) is 1.84. The molecule has 0 aliphatic heterocycles. The Morgan fingerprint density at radius 1 is 1.25 bits per heavy atom. The van der Waals surface area contributed by atoms with Crippen molar-refractivity contribution >= 4 is 0 Å². The summed E-state index contributed by atoms with van der Waals surface area (Å²) >= 11 is 0. The molecule has 0 heterocycles. The molecule has 0 aromatic heterocycles. The summed E-state index contributed by atoms with van der Waals surface area (Å²) in [6.45, 7) is 2.49. The first-order chi connectivity index (χ1) is 3.77. The monoisotopic (exact) mass is 108 g/mol. The van der Waals surface area contributed by atoms with E-state index in [9.17, 15) is 0 Å². The summed E-state index contributed by atoms with van der Waals surface area (Å²) in [5.74, 6) is 1.22. The first-order valence-corrected chi connectivity index (χ1v) is 3.77. The van der Waals surface area contributed by atoms with Gasteiger partial charge in [-0.05, 0) is 42.4 Å². The Morgan fingerprint density at radius 2 is 1.75 bits per heavy atom. The summed E-state index contributed by atoms with van der Waals surface area (Å²) < 4.78 is 0. The maximum Gasteiger partial charge on any atom is -0.0209 e. The molecule has 0 N–H and O–H groups in total. The van der Waals surface area contributed by atoms with Gasteiger partial charge in [-0.1, -0.05) is 6.92 Å². The van der Waals surface area contributed by atoms with Crippen molar-refractivity contribution in [3.8, 4) is 0 Å². The Balaban J connectivity index is 1.99. The van der Waals surface area contributed by atoms with Gasteiger partial charge in [0.1, 0.15) is 0 Å². The number of hydrogen-bond donors (Lipinski definition) is 0. The second-order valence-corrected chi connectivity index (χ2v) is 4.32. The smallest absolute Gasteiger partial charge is 0.0209 e. The van der Waals surface area contributed by atoms with Crippen molar-refractivity contribution in [2.75, 3.05) is 0 Å². The quantitative estimate of drug-likeness (QED) is 0.483. The molecule has 0 saturated heterocycles. The summed E-state index contributed by atoms with van der Waals surface area (Å²) in [7, 11) is 0. The Kier molecular flexibility index (Phi) is 0.342. The van der Waals surface area contributed by atoms with Gasteiger partial charge in [0.05, 0.1) is 0 Å². The third-order valence-electron chi connectivity index (χ3n) is 3.88. The van der Waals surface area contributed by atoms with Crippen LogP contribution < -0.4 is 0 Å². The van der Waals surface area contributed by atoms with E-state index >= 15 is 0 Å². The molecule has 3 aliphatic carbocycles. The largest absolute Gasteiger partial charge is 0.0591 e. The Labute approximate surface area is 50.3 Å². The fourth-order valence-electron chi connectivity index (χ4n) is 2.37. The van der Waals surface area contributed by atoms with E-state index in [1.807, 2.05) is 0 Å². The minimum Gasteiger partial charge on any atom is -0.0591 e. The van der Waals surface area contributed by atoms with Gasteiger partial charge in [0, 0.05) is 0 Å². The Bertz CT molecular complexity index is 141. The van der Waals surface area contributed by atoms with Gasteiger partial charge in [0.25, 0.3) is 0 Å². The van der Waals surface area contributed by atoms with Crippen molar-refractivity contribution in [1.82, 2.24) is 0 Å². The van der Waals surface area contributed by atoms with E-state index in [2.05, 4.69) is 6.92 Å². The first-order valence-electron chi connectivity index (χ1n) is 3.77. The molecule has 0 aromatic rings. The van der Waals surface area contributed by atoms with Crippen LogP contribution in [-0.4, -0.2) is 0 Å². The summed E-state index contributed by atoms with van der Waals surface area (Å²) in [4.78, 5) is 0. The van der Waals surface area contributed by atoms with Crippen LogP contribution in [0, 0.1) is 16.7 Å². The van der Waals surface area contributed by atoms with Gasteiger partial charge in [-0.25, -0.2) is 0 Å². The van der Waals surface area contributed by atoms with Crippen LogP contribution in [0.5, 0.6) is 0 Å². The SMILES string of the molecule is CC1(C23CC2C3)CC1. The lowest BCUT2D eigenvalue weighted by Gasteiger charge is -2.09. The highest BCUT2D eigenvalue weighted by molar-refractivity contribution is 5.28. The summed E-state index contributed by atoms with van der Waals surface area (Å²) in [5, 5.41) is 0. The van der Waals surface area contributed by atoms with Gasteiger partial charge in [-0.15, -0.1) is 0 Å². The van der Waals surface area contributed by atoms with E-state index in [1.54, 1.807) is 25.7 Å².